The predicted octanol–water partition coefficient (Wildman–Crippen LogP) is 21.7. The number of hydrogen-bond acceptors (Lipinski definition) is 12. The lowest BCUT2D eigenvalue weighted by Crippen LogP contribution is -2.38. The Balaban J connectivity index is 0.000000224. The smallest absolute Gasteiger partial charge is 0.357 e. The molecule has 0 saturated carbocycles. The molecule has 1 aliphatic rings. The highest BCUT2D eigenvalue weighted by Crippen LogP contribution is 2.40. The van der Waals surface area contributed by atoms with Gasteiger partial charge >= 0.3 is 35.8 Å². The first kappa shape index (κ1) is 96.8. The first-order valence-corrected chi connectivity index (χ1v) is 38.5. The number of rotatable bonds is 21. The lowest BCUT2D eigenvalue weighted by Gasteiger charge is -2.32. The van der Waals surface area contributed by atoms with E-state index in [1.165, 1.54) is 30.9 Å². The molecule has 23 nitrogen and oxygen atoms in total. The molecule has 4 aromatic heterocycles. The van der Waals surface area contributed by atoms with Gasteiger partial charge in [0, 0.05) is 89.7 Å². The lowest BCUT2D eigenvalue weighted by atomic mass is 9.89. The molecular formula is C86H68BCl8F4N10O13. The van der Waals surface area contributed by atoms with E-state index < -0.39 is 48.7 Å². The number of carboxylic acid groups (broad SMARTS) is 5. The zero-order chi connectivity index (χ0) is 85.9. The molecule has 0 unspecified atom stereocenters. The van der Waals surface area contributed by atoms with Gasteiger partial charge in [0.2, 0.25) is 6.54 Å². The zero-order valence-corrected chi connectivity index (χ0v) is 68.9. The van der Waals surface area contributed by atoms with Gasteiger partial charge in [-0.2, -0.15) is 20.4 Å². The fourth-order valence-electron chi connectivity index (χ4n) is 13.0. The van der Waals surface area contributed by atoms with Gasteiger partial charge in [-0.15, -0.1) is 0 Å². The predicted molar refractivity (Wildman–Crippen MR) is 462 cm³/mol. The number of carbonyl (C=O) groups excluding carboxylic acids is 2. The maximum Gasteiger partial charge on any atom is 0.357 e. The van der Waals surface area contributed by atoms with Crippen LogP contribution in [-0.2, 0) is 44.9 Å². The highest BCUT2D eigenvalue weighted by molar-refractivity contribution is 6.34. The third kappa shape index (κ3) is 23.2. The van der Waals surface area contributed by atoms with Crippen LogP contribution in [0, 0.1) is 12.4 Å². The van der Waals surface area contributed by atoms with Crippen LogP contribution in [0.25, 0.3) is 72.6 Å². The van der Waals surface area contributed by atoms with Crippen LogP contribution in [0.4, 0.5) is 18.2 Å². The number of carbonyl (C=O) groups is 7. The molecular weight excluding hydrogens is 1750 g/mol. The lowest BCUT2D eigenvalue weighted by molar-refractivity contribution is -0.142. The highest BCUT2D eigenvalue weighted by atomic mass is 35.5. The molecule has 1 amide bonds. The largest absolute Gasteiger partial charge is 0.481 e. The maximum absolute atomic E-state index is 13.8. The van der Waals surface area contributed by atoms with Crippen molar-refractivity contribution >= 4 is 143 Å². The van der Waals surface area contributed by atoms with E-state index in [0.29, 0.717) is 145 Å². The Labute approximate surface area is 736 Å². The molecule has 1 saturated heterocycles. The number of likely N-dealkylation sites (tertiary alicyclic amines) is 1. The van der Waals surface area contributed by atoms with Crippen LogP contribution < -0.4 is 0 Å². The first-order chi connectivity index (χ1) is 57.1. The Bertz CT molecular complexity index is 5970. The SMILES string of the molecule is C.CCOC(=O)Cc1c(C(=O)O)nn(-c2ccccc2Cl)c1-c1ccc(Cl)cc1.F.FF.O=C(O)Cc1c(C(=O)N2CCC(c3cccc(F)c3)CC2)nn(-c2ccccc2Cl)c1-c1ccc(Cl)cc1.O=C(O)Cc1c(C(=O)O)nn(-c2ccccc2Cl)c1-c1ccc(Cl)cc1.[B].[C-]#[N+]Cc1c(C(=O)O)nn(-c2ccccc2Cl)c1-c1ccc(Cl)cc1. The second kappa shape index (κ2) is 44.8. The molecule has 5 N–H and O–H groups in total. The monoisotopic (exact) mass is 1820 g/mol. The molecule has 0 atom stereocenters. The topological polar surface area (TPSA) is 309 Å². The summed E-state index contributed by atoms with van der Waals surface area (Å²) in [7, 11) is 0. The van der Waals surface area contributed by atoms with Crippen molar-refractivity contribution in [3.05, 3.63) is 326 Å². The van der Waals surface area contributed by atoms with Crippen molar-refractivity contribution in [2.24, 2.45) is 0 Å². The van der Waals surface area contributed by atoms with Crippen LogP contribution in [0.2, 0.25) is 40.2 Å². The number of hydrogen-bond donors (Lipinski definition) is 5. The minimum absolute atomic E-state index is 0. The number of carboxylic acids is 5. The van der Waals surface area contributed by atoms with E-state index in [0.717, 1.165) is 5.56 Å². The molecule has 13 aromatic rings. The molecule has 0 spiro atoms. The van der Waals surface area contributed by atoms with Crippen LogP contribution in [-0.4, -0.2) is 139 Å². The van der Waals surface area contributed by atoms with Gasteiger partial charge in [0.1, 0.15) is 5.82 Å². The van der Waals surface area contributed by atoms with E-state index in [1.54, 1.807) is 212 Å². The molecule has 14 rings (SSSR count). The van der Waals surface area contributed by atoms with Gasteiger partial charge < -0.3 is 40.0 Å². The summed E-state index contributed by atoms with van der Waals surface area (Å²) in [6.07, 6.45) is 0.197. The number of piperidine rings is 1. The summed E-state index contributed by atoms with van der Waals surface area (Å²) >= 11 is 49.3. The number of para-hydroxylation sites is 4. The molecule has 1 aliphatic heterocycles. The third-order valence-corrected chi connectivity index (χ3v) is 20.4. The van der Waals surface area contributed by atoms with Gasteiger partial charge in [0.05, 0.1) is 97.0 Å². The summed E-state index contributed by atoms with van der Waals surface area (Å²) in [5, 5.41) is 68.6. The van der Waals surface area contributed by atoms with Gasteiger partial charge in [0.25, 0.3) is 5.91 Å². The van der Waals surface area contributed by atoms with Crippen molar-refractivity contribution in [2.45, 2.75) is 58.9 Å². The minimum Gasteiger partial charge on any atom is -0.481 e. The van der Waals surface area contributed by atoms with Crippen molar-refractivity contribution in [1.29, 1.82) is 0 Å². The molecule has 5 heterocycles. The second-order valence-corrected chi connectivity index (χ2v) is 29.0. The third-order valence-electron chi connectivity index (χ3n) is 18.2. The summed E-state index contributed by atoms with van der Waals surface area (Å²) in [6.45, 7) is 9.83. The van der Waals surface area contributed by atoms with Crippen molar-refractivity contribution in [1.82, 2.24) is 44.0 Å². The number of benzene rings is 9. The summed E-state index contributed by atoms with van der Waals surface area (Å²) in [4.78, 5) is 89.4. The number of aliphatic carboxylic acids is 2. The van der Waals surface area contributed by atoms with Gasteiger partial charge in [-0.1, -0.05) is 209 Å². The number of nitrogens with zero attached hydrogens (tertiary/aromatic N) is 10. The Kier molecular flexibility index (Phi) is 35.6. The van der Waals surface area contributed by atoms with E-state index in [9.17, 15) is 63.5 Å². The average molecular weight is 1820 g/mol. The summed E-state index contributed by atoms with van der Waals surface area (Å²) in [5.74, 6) is -7.04. The average Bonchev–Trinajstić information content (AvgIpc) is 1.63. The Morgan fingerprint density at radius 1 is 0.434 bits per heavy atom. The normalized spacial score (nSPS) is 11.3. The van der Waals surface area contributed by atoms with Gasteiger partial charge in [0.15, 0.2) is 22.8 Å². The molecule has 9 aromatic carbocycles. The zero-order valence-electron chi connectivity index (χ0n) is 62.8. The molecule has 0 aliphatic carbocycles. The van der Waals surface area contributed by atoms with Crippen molar-refractivity contribution < 1.29 is 82.1 Å². The molecule has 3 radical (unpaired) electrons. The molecule has 1 fully saturated rings. The fraction of sp³-hybridized carbons (Fsp3) is 0.140. The molecule has 122 heavy (non-hydrogen) atoms. The summed E-state index contributed by atoms with van der Waals surface area (Å²) in [6, 6.07) is 61.5. The minimum atomic E-state index is -1.32. The van der Waals surface area contributed by atoms with Crippen molar-refractivity contribution in [2.75, 3.05) is 19.7 Å². The molecule has 36 heteroatoms. The number of esters is 1. The molecule has 0 bridgehead atoms. The number of aromatic carboxylic acids is 3. The van der Waals surface area contributed by atoms with E-state index in [4.69, 9.17) is 113 Å². The Morgan fingerprint density at radius 3 is 1.02 bits per heavy atom. The van der Waals surface area contributed by atoms with E-state index in [2.05, 4.69) is 25.2 Å². The Hall–Kier alpha value is -12.3. The van der Waals surface area contributed by atoms with Gasteiger partial charge in [-0.05, 0) is 140 Å². The van der Waals surface area contributed by atoms with Crippen LogP contribution in [0.1, 0.15) is 103 Å². The van der Waals surface area contributed by atoms with Crippen LogP contribution in [0.3, 0.4) is 0 Å². The number of halogens is 12. The van der Waals surface area contributed by atoms with Crippen LogP contribution >= 0.6 is 92.8 Å². The van der Waals surface area contributed by atoms with Crippen molar-refractivity contribution in [3.63, 3.8) is 0 Å². The number of amides is 1. The van der Waals surface area contributed by atoms with E-state index in [1.807, 2.05) is 6.07 Å². The quantitative estimate of drug-likeness (QED) is 0.0193. The van der Waals surface area contributed by atoms with E-state index >= 15 is 0 Å². The summed E-state index contributed by atoms with van der Waals surface area (Å²) < 4.78 is 40.5. The van der Waals surface area contributed by atoms with Crippen molar-refractivity contribution in [3.8, 4) is 67.8 Å². The number of ether oxygens (including phenoxy) is 1. The van der Waals surface area contributed by atoms with E-state index in [-0.39, 0.29) is 91.7 Å². The van der Waals surface area contributed by atoms with Gasteiger partial charge in [-0.3, -0.25) is 23.9 Å². The van der Waals surface area contributed by atoms with Crippen LogP contribution in [0.15, 0.2) is 218 Å². The highest BCUT2D eigenvalue weighted by Gasteiger charge is 2.35. The standard InChI is InChI=1S/C29H24Cl2FN3O3.C20H16Cl2N2O4.C18H11Cl2N3O2.C18H12Cl2N2O4.CH4.B.F2.FH/c30-21-10-8-19(9-11-21)28-23(17-26(36)37)27(33-35(28)25-7-2-1-6-24(25)31)29(38)34-14-12-18(13-15-34)20-4-3-5-22(32)16-20;1-2-28-17(25)11-14-18(20(26)27)23-24(16-6-4-3-5-15(16)22)19(14)12-7-9-13(21)10-8-12;1-21-10-13-16(18(24)25)22-23(15-5-3-2-4-14(15)20)17(13)11-6-8-12(19)9-7-11;19-11-7-5-10(6-8-11)17-12(9-15(23)24)16(18(25)26)21-22(17)14-4-2-1-3-13(14)20;;;1-2;/h1-11,16,18H,12-15,17H2,(H,36,37);3-10H,2,11H2,1H3,(H,26,27);2-9H,10H2,(H,24,25);1-8H,9H2,(H,23,24)(H,25,26);1H4;;;1H. The fourth-order valence-corrected chi connectivity index (χ4v) is 14.4. The summed E-state index contributed by atoms with van der Waals surface area (Å²) in [5.41, 5.74) is 7.54. The second-order valence-electron chi connectivity index (χ2n) is 25.7. The molecule has 627 valence electrons. The van der Waals surface area contributed by atoms with Gasteiger partial charge in [-0.25, -0.2) is 44.1 Å². The first-order valence-electron chi connectivity index (χ1n) is 35.5. The Morgan fingerprint density at radius 2 is 0.730 bits per heavy atom. The maximum atomic E-state index is 13.8. The van der Waals surface area contributed by atoms with Crippen LogP contribution in [0.5, 0.6) is 0 Å². The number of aromatic nitrogens is 8.